The summed E-state index contributed by atoms with van der Waals surface area (Å²) in [5.74, 6) is 0. The average Bonchev–Trinajstić information content (AvgIpc) is 2.30. The molecule has 1 aromatic carbocycles. The van der Waals surface area contributed by atoms with Crippen LogP contribution in [0.15, 0.2) is 24.3 Å². The van der Waals surface area contributed by atoms with E-state index < -0.39 is 0 Å². The van der Waals surface area contributed by atoms with Crippen LogP contribution < -0.4 is 5.32 Å². The van der Waals surface area contributed by atoms with Crippen LogP contribution >= 0.6 is 34.2 Å². The Morgan fingerprint density at radius 2 is 1.88 bits per heavy atom. The minimum atomic E-state index is 0.317. The molecule has 0 spiro atoms. The Kier molecular flexibility index (Phi) is 4.92. The zero-order chi connectivity index (χ0) is 11.4. The summed E-state index contributed by atoms with van der Waals surface area (Å²) in [5.41, 5.74) is 1.34. The van der Waals surface area contributed by atoms with Crippen LogP contribution in [0, 0.1) is 3.57 Å². The molecule has 1 N–H and O–H groups in total. The molecule has 2 atom stereocenters. The van der Waals surface area contributed by atoms with Gasteiger partial charge in [0.2, 0.25) is 0 Å². The van der Waals surface area contributed by atoms with Gasteiger partial charge >= 0.3 is 0 Å². The molecule has 1 aliphatic carbocycles. The molecule has 3 heteroatoms. The van der Waals surface area contributed by atoms with E-state index in [0.29, 0.717) is 11.4 Å². The van der Waals surface area contributed by atoms with Gasteiger partial charge in [-0.25, -0.2) is 0 Å². The summed E-state index contributed by atoms with van der Waals surface area (Å²) in [7, 11) is 0. The molecule has 16 heavy (non-hydrogen) atoms. The highest BCUT2D eigenvalue weighted by atomic mass is 127. The summed E-state index contributed by atoms with van der Waals surface area (Å²) in [4.78, 5) is 0. The van der Waals surface area contributed by atoms with Gasteiger partial charge in [-0.15, -0.1) is 11.6 Å². The fourth-order valence-corrected chi connectivity index (χ4v) is 2.90. The third kappa shape index (κ3) is 3.60. The zero-order valence-corrected chi connectivity index (χ0v) is 12.2. The van der Waals surface area contributed by atoms with Gasteiger partial charge in [0.15, 0.2) is 0 Å². The molecule has 0 radical (unpaired) electrons. The van der Waals surface area contributed by atoms with Crippen molar-refractivity contribution in [3.63, 3.8) is 0 Å². The molecule has 2 unspecified atom stereocenters. The molecule has 1 nitrogen and oxygen atoms in total. The van der Waals surface area contributed by atoms with Gasteiger partial charge in [0.25, 0.3) is 0 Å². The average molecular weight is 350 g/mol. The van der Waals surface area contributed by atoms with E-state index >= 15 is 0 Å². The molecule has 1 saturated carbocycles. The molecular formula is C13H17ClIN. The van der Waals surface area contributed by atoms with Crippen molar-refractivity contribution >= 4 is 34.2 Å². The maximum Gasteiger partial charge on any atom is 0.0489 e. The normalized spacial score (nSPS) is 25.6. The number of nitrogens with one attached hydrogen (secondary N) is 1. The predicted molar refractivity (Wildman–Crippen MR) is 77.9 cm³/mol. The van der Waals surface area contributed by atoms with Crippen LogP contribution in [0.3, 0.4) is 0 Å². The number of hydrogen-bond donors (Lipinski definition) is 1. The number of halogens is 2. The van der Waals surface area contributed by atoms with Crippen LogP contribution in [0.1, 0.15) is 31.2 Å². The molecule has 2 rings (SSSR count). The number of benzene rings is 1. The molecular weight excluding hydrogens is 333 g/mol. The lowest BCUT2D eigenvalue weighted by Gasteiger charge is -2.28. The minimum absolute atomic E-state index is 0.317. The van der Waals surface area contributed by atoms with Gasteiger partial charge in [0.1, 0.15) is 0 Å². The molecule has 1 aliphatic rings. The lowest BCUT2D eigenvalue weighted by Crippen LogP contribution is -2.38. The van der Waals surface area contributed by atoms with Gasteiger partial charge in [-0.2, -0.15) is 0 Å². The molecule has 0 heterocycles. The fourth-order valence-electron chi connectivity index (χ4n) is 2.17. The van der Waals surface area contributed by atoms with E-state index in [4.69, 9.17) is 11.6 Å². The molecule has 1 fully saturated rings. The molecule has 0 amide bonds. The van der Waals surface area contributed by atoms with E-state index in [0.717, 1.165) is 13.0 Å². The third-order valence-electron chi connectivity index (χ3n) is 3.16. The van der Waals surface area contributed by atoms with Crippen molar-refractivity contribution in [2.24, 2.45) is 0 Å². The van der Waals surface area contributed by atoms with E-state index in [2.05, 4.69) is 52.2 Å². The first-order chi connectivity index (χ1) is 7.75. The largest absolute Gasteiger partial charge is 0.308 e. The highest BCUT2D eigenvalue weighted by Gasteiger charge is 2.22. The molecule has 0 bridgehead atoms. The van der Waals surface area contributed by atoms with Crippen molar-refractivity contribution in [2.75, 3.05) is 0 Å². The lowest BCUT2D eigenvalue weighted by molar-refractivity contribution is 0.378. The summed E-state index contributed by atoms with van der Waals surface area (Å²) in [6.07, 6.45) is 4.98. The van der Waals surface area contributed by atoms with Gasteiger partial charge in [-0.05, 0) is 53.1 Å². The first-order valence-electron chi connectivity index (χ1n) is 5.87. The van der Waals surface area contributed by atoms with Crippen molar-refractivity contribution < 1.29 is 0 Å². The Hall–Kier alpha value is 0.200. The third-order valence-corrected chi connectivity index (χ3v) is 4.40. The molecule has 0 saturated heterocycles. The van der Waals surface area contributed by atoms with E-state index in [1.54, 1.807) is 0 Å². The number of alkyl halides is 1. The first kappa shape index (κ1) is 12.7. The Balaban J connectivity index is 1.84. The van der Waals surface area contributed by atoms with Crippen LogP contribution in [0.25, 0.3) is 0 Å². The summed E-state index contributed by atoms with van der Waals surface area (Å²) in [6.45, 7) is 0.935. The lowest BCUT2D eigenvalue weighted by atomic mass is 9.95. The smallest absolute Gasteiger partial charge is 0.0489 e. The highest BCUT2D eigenvalue weighted by molar-refractivity contribution is 14.1. The number of rotatable bonds is 3. The maximum atomic E-state index is 6.31. The monoisotopic (exact) mass is 349 g/mol. The van der Waals surface area contributed by atoms with Gasteiger partial charge in [-0.3, -0.25) is 0 Å². The van der Waals surface area contributed by atoms with Gasteiger partial charge in [-0.1, -0.05) is 25.0 Å². The van der Waals surface area contributed by atoms with Crippen molar-refractivity contribution in [3.8, 4) is 0 Å². The Labute approximate surface area is 116 Å². The molecule has 0 aliphatic heterocycles. The standard InChI is InChI=1S/C13H17ClIN/c14-12-3-1-2-4-13(12)16-9-10-5-7-11(15)8-6-10/h5-8,12-13,16H,1-4,9H2. The fraction of sp³-hybridized carbons (Fsp3) is 0.538. The quantitative estimate of drug-likeness (QED) is 0.644. The van der Waals surface area contributed by atoms with Crippen LogP contribution in [0.5, 0.6) is 0 Å². The topological polar surface area (TPSA) is 12.0 Å². The first-order valence-corrected chi connectivity index (χ1v) is 7.39. The van der Waals surface area contributed by atoms with Crippen LogP contribution in [0.2, 0.25) is 0 Å². The second kappa shape index (κ2) is 6.22. The Morgan fingerprint density at radius 3 is 2.56 bits per heavy atom. The summed E-state index contributed by atoms with van der Waals surface area (Å²) >= 11 is 8.64. The van der Waals surface area contributed by atoms with E-state index in [-0.39, 0.29) is 0 Å². The highest BCUT2D eigenvalue weighted by Crippen LogP contribution is 2.23. The van der Waals surface area contributed by atoms with Crippen molar-refractivity contribution in [2.45, 2.75) is 43.6 Å². The maximum absolute atomic E-state index is 6.31. The van der Waals surface area contributed by atoms with Crippen LogP contribution in [-0.2, 0) is 6.54 Å². The Bertz CT molecular complexity index is 325. The zero-order valence-electron chi connectivity index (χ0n) is 9.26. The second-order valence-electron chi connectivity index (χ2n) is 4.41. The van der Waals surface area contributed by atoms with Crippen molar-refractivity contribution in [1.29, 1.82) is 0 Å². The van der Waals surface area contributed by atoms with Crippen molar-refractivity contribution in [1.82, 2.24) is 5.32 Å². The predicted octanol–water partition coefficient (Wildman–Crippen LogP) is 3.93. The molecule has 88 valence electrons. The molecule has 0 aromatic heterocycles. The van der Waals surface area contributed by atoms with Gasteiger partial charge in [0.05, 0.1) is 0 Å². The Morgan fingerprint density at radius 1 is 1.19 bits per heavy atom. The minimum Gasteiger partial charge on any atom is -0.308 e. The van der Waals surface area contributed by atoms with Crippen LogP contribution in [-0.4, -0.2) is 11.4 Å². The van der Waals surface area contributed by atoms with Crippen molar-refractivity contribution in [3.05, 3.63) is 33.4 Å². The molecule has 1 aromatic rings. The SMILES string of the molecule is ClC1CCCCC1NCc1ccc(I)cc1. The van der Waals surface area contributed by atoms with Gasteiger partial charge < -0.3 is 5.32 Å². The van der Waals surface area contributed by atoms with E-state index in [1.165, 1.54) is 28.4 Å². The number of hydrogen-bond acceptors (Lipinski definition) is 1. The van der Waals surface area contributed by atoms with E-state index in [1.807, 2.05) is 0 Å². The summed E-state index contributed by atoms with van der Waals surface area (Å²) < 4.78 is 1.29. The van der Waals surface area contributed by atoms with Crippen LogP contribution in [0.4, 0.5) is 0 Å². The summed E-state index contributed by atoms with van der Waals surface area (Å²) in [6, 6.07) is 9.16. The summed E-state index contributed by atoms with van der Waals surface area (Å²) in [5, 5.41) is 3.89. The van der Waals surface area contributed by atoms with E-state index in [9.17, 15) is 0 Å². The second-order valence-corrected chi connectivity index (χ2v) is 6.22. The van der Waals surface area contributed by atoms with Gasteiger partial charge in [0, 0.05) is 21.5 Å².